The number of thioether (sulfide) groups is 1. The molecular formula is C13H14BrFN2O2S2. The average molecular weight is 393 g/mol. The number of hydrogen-bond donors (Lipinski definition) is 0. The second-order valence-corrected chi connectivity index (χ2v) is 9.27. The molecule has 1 fully saturated rings. The molecule has 2 heterocycles. The van der Waals surface area contributed by atoms with Crippen LogP contribution in [0.4, 0.5) is 4.39 Å². The van der Waals surface area contributed by atoms with Crippen molar-refractivity contribution in [3.63, 3.8) is 0 Å². The molecule has 0 spiro atoms. The quantitative estimate of drug-likeness (QED) is 0.774. The van der Waals surface area contributed by atoms with Gasteiger partial charge in [0.2, 0.25) is 0 Å². The molecule has 2 atom stereocenters. The predicted molar refractivity (Wildman–Crippen MR) is 86.8 cm³/mol. The number of fused-ring (bicyclic) bond motifs is 1. The zero-order chi connectivity index (χ0) is 15.2. The molecule has 0 unspecified atom stereocenters. The highest BCUT2D eigenvalue weighted by molar-refractivity contribution is 9.10. The second kappa shape index (κ2) is 5.55. The molecule has 1 saturated heterocycles. The summed E-state index contributed by atoms with van der Waals surface area (Å²) >= 11 is 4.68. The molecule has 0 bridgehead atoms. The summed E-state index contributed by atoms with van der Waals surface area (Å²) in [7, 11) is -1.11. The standard InChI is InChI=1S/C13H14BrFN2O2S2/c1-17-12-7-21(18,19)6-11(12)16-13(17)20-5-8-2-3-9(14)4-10(8)15/h2-4,11-12H,5-7H2,1H3/t11-,12-/m1/s1. The molecule has 4 nitrogen and oxygen atoms in total. The van der Waals surface area contributed by atoms with E-state index < -0.39 is 9.84 Å². The Labute approximate surface area is 135 Å². The van der Waals surface area contributed by atoms with Crippen LogP contribution in [-0.2, 0) is 15.6 Å². The highest BCUT2D eigenvalue weighted by Crippen LogP contribution is 2.31. The van der Waals surface area contributed by atoms with E-state index in [1.807, 2.05) is 11.9 Å². The summed E-state index contributed by atoms with van der Waals surface area (Å²) in [6, 6.07) is 4.76. The van der Waals surface area contributed by atoms with E-state index in [-0.39, 0.29) is 29.4 Å². The molecule has 3 rings (SSSR count). The maximum atomic E-state index is 13.8. The van der Waals surface area contributed by atoms with E-state index in [9.17, 15) is 12.8 Å². The van der Waals surface area contributed by atoms with Crippen LogP contribution in [-0.4, -0.2) is 49.1 Å². The molecule has 8 heteroatoms. The Kier molecular flexibility index (Phi) is 4.04. The lowest BCUT2D eigenvalue weighted by Gasteiger charge is -2.20. The topological polar surface area (TPSA) is 49.7 Å². The molecule has 0 radical (unpaired) electrons. The van der Waals surface area contributed by atoms with Gasteiger partial charge in [-0.1, -0.05) is 33.8 Å². The van der Waals surface area contributed by atoms with Gasteiger partial charge in [-0.3, -0.25) is 4.99 Å². The van der Waals surface area contributed by atoms with Crippen LogP contribution in [0.5, 0.6) is 0 Å². The summed E-state index contributed by atoms with van der Waals surface area (Å²) in [5.41, 5.74) is 0.615. The third-order valence-corrected chi connectivity index (χ3v) is 7.04. The van der Waals surface area contributed by atoms with Crippen LogP contribution in [0.25, 0.3) is 0 Å². The molecule has 1 aromatic rings. The fourth-order valence-electron chi connectivity index (χ4n) is 2.60. The minimum absolute atomic E-state index is 0.0627. The molecule has 114 valence electrons. The van der Waals surface area contributed by atoms with Crippen molar-refractivity contribution in [1.29, 1.82) is 0 Å². The number of likely N-dealkylation sites (N-methyl/N-ethyl adjacent to an activating group) is 1. The van der Waals surface area contributed by atoms with E-state index in [0.29, 0.717) is 15.8 Å². The van der Waals surface area contributed by atoms with E-state index in [0.717, 1.165) is 5.17 Å². The van der Waals surface area contributed by atoms with Crippen LogP contribution in [0.1, 0.15) is 5.56 Å². The number of sulfone groups is 1. The Morgan fingerprint density at radius 3 is 2.90 bits per heavy atom. The van der Waals surface area contributed by atoms with Gasteiger partial charge in [-0.2, -0.15) is 0 Å². The number of amidine groups is 1. The number of rotatable bonds is 2. The summed E-state index contributed by atoms with van der Waals surface area (Å²) in [4.78, 5) is 6.40. The molecule has 0 saturated carbocycles. The lowest BCUT2D eigenvalue weighted by atomic mass is 10.2. The Morgan fingerprint density at radius 2 is 2.24 bits per heavy atom. The average Bonchev–Trinajstić information content (AvgIpc) is 2.83. The second-order valence-electron chi connectivity index (χ2n) is 5.26. The van der Waals surface area contributed by atoms with Crippen LogP contribution >= 0.6 is 27.7 Å². The van der Waals surface area contributed by atoms with Crippen molar-refractivity contribution in [1.82, 2.24) is 4.90 Å². The monoisotopic (exact) mass is 392 g/mol. The molecule has 2 aliphatic heterocycles. The van der Waals surface area contributed by atoms with Gasteiger partial charge in [0.25, 0.3) is 0 Å². The Hall–Kier alpha value is -0.600. The minimum atomic E-state index is -2.96. The summed E-state index contributed by atoms with van der Waals surface area (Å²) in [6.45, 7) is 0. The van der Waals surface area contributed by atoms with Gasteiger partial charge in [0, 0.05) is 17.3 Å². The van der Waals surface area contributed by atoms with Crippen molar-refractivity contribution < 1.29 is 12.8 Å². The van der Waals surface area contributed by atoms with Crippen molar-refractivity contribution in [2.75, 3.05) is 18.6 Å². The maximum absolute atomic E-state index is 13.8. The highest BCUT2D eigenvalue weighted by Gasteiger charge is 2.44. The van der Waals surface area contributed by atoms with E-state index in [2.05, 4.69) is 20.9 Å². The first-order valence-electron chi connectivity index (χ1n) is 6.43. The Balaban J connectivity index is 1.69. The highest BCUT2D eigenvalue weighted by atomic mass is 79.9. The van der Waals surface area contributed by atoms with Gasteiger partial charge in [-0.15, -0.1) is 0 Å². The third kappa shape index (κ3) is 3.12. The van der Waals surface area contributed by atoms with Crippen LogP contribution < -0.4 is 0 Å². The first-order valence-corrected chi connectivity index (χ1v) is 10.0. The van der Waals surface area contributed by atoms with Crippen molar-refractivity contribution in [3.8, 4) is 0 Å². The van der Waals surface area contributed by atoms with Crippen molar-refractivity contribution in [2.24, 2.45) is 4.99 Å². The minimum Gasteiger partial charge on any atom is -0.348 e. The largest absolute Gasteiger partial charge is 0.348 e. The summed E-state index contributed by atoms with van der Waals surface area (Å²) in [6.07, 6.45) is 0. The van der Waals surface area contributed by atoms with Gasteiger partial charge in [-0.25, -0.2) is 12.8 Å². The number of hydrogen-bond acceptors (Lipinski definition) is 5. The fourth-order valence-corrected chi connectivity index (χ4v) is 5.92. The van der Waals surface area contributed by atoms with Gasteiger partial charge in [-0.05, 0) is 17.7 Å². The van der Waals surface area contributed by atoms with E-state index >= 15 is 0 Å². The van der Waals surface area contributed by atoms with Crippen molar-refractivity contribution in [2.45, 2.75) is 17.8 Å². The number of aliphatic imine (C=N–C) groups is 1. The van der Waals surface area contributed by atoms with Gasteiger partial charge in [0.15, 0.2) is 15.0 Å². The SMILES string of the molecule is CN1C(SCc2ccc(Br)cc2F)=N[C@@H]2CS(=O)(=O)C[C@H]21. The van der Waals surface area contributed by atoms with Crippen LogP contribution in [0, 0.1) is 5.82 Å². The molecule has 1 aromatic carbocycles. The van der Waals surface area contributed by atoms with E-state index in [4.69, 9.17) is 0 Å². The molecule has 2 aliphatic rings. The van der Waals surface area contributed by atoms with Gasteiger partial charge >= 0.3 is 0 Å². The smallest absolute Gasteiger partial charge is 0.159 e. The zero-order valence-electron chi connectivity index (χ0n) is 11.3. The maximum Gasteiger partial charge on any atom is 0.159 e. The van der Waals surface area contributed by atoms with Crippen LogP contribution in [0.3, 0.4) is 0 Å². The Morgan fingerprint density at radius 1 is 1.48 bits per heavy atom. The van der Waals surface area contributed by atoms with Gasteiger partial charge in [0.05, 0.1) is 23.6 Å². The summed E-state index contributed by atoms with van der Waals surface area (Å²) in [5, 5.41) is 0.794. The number of halogens is 2. The normalized spacial score (nSPS) is 26.8. The van der Waals surface area contributed by atoms with Gasteiger partial charge in [0.1, 0.15) is 5.82 Å². The van der Waals surface area contributed by atoms with Crippen LogP contribution in [0.2, 0.25) is 0 Å². The number of benzene rings is 1. The van der Waals surface area contributed by atoms with E-state index in [1.165, 1.54) is 17.8 Å². The zero-order valence-corrected chi connectivity index (χ0v) is 14.5. The molecule has 0 amide bonds. The van der Waals surface area contributed by atoms with Crippen molar-refractivity contribution in [3.05, 3.63) is 34.1 Å². The van der Waals surface area contributed by atoms with Crippen LogP contribution in [0.15, 0.2) is 27.7 Å². The van der Waals surface area contributed by atoms with Crippen molar-refractivity contribution >= 4 is 42.7 Å². The van der Waals surface area contributed by atoms with E-state index in [1.54, 1.807) is 12.1 Å². The Bertz CT molecular complexity index is 708. The molecular weight excluding hydrogens is 379 g/mol. The molecule has 0 aliphatic carbocycles. The lowest BCUT2D eigenvalue weighted by molar-refractivity contribution is 0.410. The summed E-state index contributed by atoms with van der Waals surface area (Å²) in [5.74, 6) is 0.516. The summed E-state index contributed by atoms with van der Waals surface area (Å²) < 4.78 is 37.7. The first-order chi connectivity index (χ1) is 9.85. The molecule has 0 aromatic heterocycles. The fraction of sp³-hybridized carbons (Fsp3) is 0.462. The molecule has 0 N–H and O–H groups in total. The third-order valence-electron chi connectivity index (χ3n) is 3.74. The van der Waals surface area contributed by atoms with Gasteiger partial charge < -0.3 is 4.90 Å². The molecule has 21 heavy (non-hydrogen) atoms. The first kappa shape index (κ1) is 15.3. The predicted octanol–water partition coefficient (Wildman–Crippen LogP) is 2.29. The lowest BCUT2D eigenvalue weighted by Crippen LogP contribution is -2.35. The number of nitrogens with zero attached hydrogens (tertiary/aromatic N) is 2.